The minimum Gasteiger partial charge on any atom is -0.481 e. The van der Waals surface area contributed by atoms with Gasteiger partial charge in [-0.2, -0.15) is 0 Å². The Labute approximate surface area is 172 Å². The van der Waals surface area contributed by atoms with Gasteiger partial charge in [-0.15, -0.1) is 0 Å². The second-order valence-electron chi connectivity index (χ2n) is 6.88. The van der Waals surface area contributed by atoms with Gasteiger partial charge >= 0.3 is 114 Å². The summed E-state index contributed by atoms with van der Waals surface area (Å²) >= 11 is 1.41. The zero-order valence-electron chi connectivity index (χ0n) is 16.7. The molecule has 0 aliphatic heterocycles. The Morgan fingerprint density at radius 3 is 1.12 bits per heavy atom. The number of carbonyl (C=O) groups is 2. The number of hydrogen-bond acceptors (Lipinski definition) is 2. The van der Waals surface area contributed by atoms with Crippen LogP contribution in [-0.4, -0.2) is 50.1 Å². The fourth-order valence-corrected chi connectivity index (χ4v) is 3.16. The van der Waals surface area contributed by atoms with Gasteiger partial charge in [0.2, 0.25) is 0 Å². The Bertz CT molecular complexity index is 267. The zero-order chi connectivity index (χ0) is 19.2. The molecule has 0 radical (unpaired) electrons. The number of carboxylic acid groups (broad SMARTS) is 2. The van der Waals surface area contributed by atoms with E-state index >= 15 is 0 Å². The van der Waals surface area contributed by atoms with Gasteiger partial charge in [-0.1, -0.05) is 26.2 Å². The minimum atomic E-state index is -1.08. The molecule has 2 N–H and O–H groups in total. The fourth-order valence-electron chi connectivity index (χ4n) is 2.66. The summed E-state index contributed by atoms with van der Waals surface area (Å²) in [7, 11) is 0. The van der Waals surface area contributed by atoms with E-state index in [4.69, 9.17) is 10.2 Å². The van der Waals surface area contributed by atoms with Crippen molar-refractivity contribution in [2.45, 2.75) is 113 Å². The third-order valence-electron chi connectivity index (χ3n) is 4.26. The topological polar surface area (TPSA) is 74.6 Å². The first kappa shape index (κ1) is 27.2. The first-order chi connectivity index (χ1) is 12.0. The van der Waals surface area contributed by atoms with E-state index in [1.54, 1.807) is 0 Å². The monoisotopic (exact) mass is 366 g/mol. The number of carboxylic acids is 2. The fraction of sp³-hybridized carbons (Fsp3) is 0.900. The molecule has 0 saturated carbocycles. The third kappa shape index (κ3) is 32.1. The predicted molar refractivity (Wildman–Crippen MR) is 105 cm³/mol. The van der Waals surface area contributed by atoms with Gasteiger partial charge in [0.25, 0.3) is 0 Å². The van der Waals surface area contributed by atoms with Crippen LogP contribution < -0.4 is 0 Å². The second-order valence-corrected chi connectivity index (χ2v) is 7.88. The van der Waals surface area contributed by atoms with Crippen LogP contribution >= 0.6 is 0 Å². The molecule has 0 rings (SSSR count). The van der Waals surface area contributed by atoms with Crippen molar-refractivity contribution in [1.82, 2.24) is 0 Å². The molecular weight excluding hydrogens is 327 g/mol. The summed E-state index contributed by atoms with van der Waals surface area (Å²) in [5.74, 6) is -2.15. The molecule has 0 aromatic carbocycles. The summed E-state index contributed by atoms with van der Waals surface area (Å²) in [5, 5.41) is 15.8. The first-order valence-corrected chi connectivity index (χ1v) is 11.9. The number of unbranched alkanes of at least 4 members (excludes halogenated alkanes) is 13. The van der Waals surface area contributed by atoms with Crippen molar-refractivity contribution in [3.8, 4) is 0 Å². The SMILES string of the molecule is CCCCCCCCCCCCCCC[CH2][Na].O=C(O)CCC(=O)O. The van der Waals surface area contributed by atoms with Crippen LogP contribution in [0.4, 0.5) is 0 Å². The standard InChI is InChI=1S/C16H33.C4H6O4.Na/c1-3-5-7-9-11-13-15-16-14-12-10-8-6-4-2;5-3(6)1-2-4(7)8;/h1,3-16H2,2H3;1-2H2,(H,5,6)(H,7,8);. The number of aliphatic carboxylic acids is 2. The summed E-state index contributed by atoms with van der Waals surface area (Å²) < 4.78 is 1.51. The number of hydrogen-bond donors (Lipinski definition) is 2. The van der Waals surface area contributed by atoms with Crippen LogP contribution in [0, 0.1) is 0 Å². The van der Waals surface area contributed by atoms with Crippen LogP contribution in [0.5, 0.6) is 0 Å². The average molecular weight is 367 g/mol. The van der Waals surface area contributed by atoms with Crippen molar-refractivity contribution in [1.29, 1.82) is 0 Å². The summed E-state index contributed by atoms with van der Waals surface area (Å²) in [4.78, 5) is 19.3. The molecule has 25 heavy (non-hydrogen) atoms. The Morgan fingerprint density at radius 2 is 0.880 bits per heavy atom. The van der Waals surface area contributed by atoms with Crippen molar-refractivity contribution in [3.05, 3.63) is 0 Å². The van der Waals surface area contributed by atoms with Crippen LogP contribution in [0.3, 0.4) is 0 Å². The largest absolute Gasteiger partial charge is 0.481 e. The molecule has 0 bridgehead atoms. The minimum absolute atomic E-state index is 0.296. The number of rotatable bonds is 17. The first-order valence-electron chi connectivity index (χ1n) is 10.5. The van der Waals surface area contributed by atoms with E-state index < -0.39 is 11.9 Å². The van der Waals surface area contributed by atoms with E-state index in [0.29, 0.717) is 0 Å². The molecule has 0 saturated heterocycles. The maximum atomic E-state index is 9.64. The van der Waals surface area contributed by atoms with Crippen LogP contribution in [0.15, 0.2) is 0 Å². The Balaban J connectivity index is 0. The second kappa shape index (κ2) is 23.9. The predicted octanol–water partition coefficient (Wildman–Crippen LogP) is 5.99. The van der Waals surface area contributed by atoms with E-state index in [9.17, 15) is 9.59 Å². The average Bonchev–Trinajstić information content (AvgIpc) is 2.58. The molecule has 0 aromatic rings. The molecule has 0 fully saturated rings. The quantitative estimate of drug-likeness (QED) is 0.245. The van der Waals surface area contributed by atoms with Crippen molar-refractivity contribution < 1.29 is 19.8 Å². The van der Waals surface area contributed by atoms with Crippen LogP contribution in [0.25, 0.3) is 0 Å². The van der Waals surface area contributed by atoms with E-state index in [2.05, 4.69) is 6.92 Å². The van der Waals surface area contributed by atoms with Gasteiger partial charge in [0, 0.05) is 0 Å². The van der Waals surface area contributed by atoms with Gasteiger partial charge in [-0.05, 0) is 0 Å². The molecule has 0 aliphatic rings. The molecule has 0 spiro atoms. The van der Waals surface area contributed by atoms with E-state index in [1.165, 1.54) is 121 Å². The summed E-state index contributed by atoms with van der Waals surface area (Å²) in [6.07, 6.45) is 20.1. The van der Waals surface area contributed by atoms with Crippen molar-refractivity contribution in [2.24, 2.45) is 0 Å². The molecule has 144 valence electrons. The normalized spacial score (nSPS) is 10.2. The van der Waals surface area contributed by atoms with E-state index in [-0.39, 0.29) is 12.8 Å². The molecule has 5 heteroatoms. The van der Waals surface area contributed by atoms with E-state index in [0.717, 1.165) is 0 Å². The van der Waals surface area contributed by atoms with Gasteiger partial charge in [-0.3, -0.25) is 9.59 Å². The molecule has 0 aliphatic carbocycles. The summed E-state index contributed by atoms with van der Waals surface area (Å²) in [6.45, 7) is 2.29. The van der Waals surface area contributed by atoms with Gasteiger partial charge in [0.15, 0.2) is 0 Å². The molecule has 0 amide bonds. The van der Waals surface area contributed by atoms with Crippen LogP contribution in [-0.2, 0) is 9.59 Å². The zero-order valence-corrected chi connectivity index (χ0v) is 18.7. The van der Waals surface area contributed by atoms with Gasteiger partial charge in [-0.25, -0.2) is 0 Å². The molecular formula is C20H39NaO4. The van der Waals surface area contributed by atoms with Crippen molar-refractivity contribution in [3.63, 3.8) is 0 Å². The van der Waals surface area contributed by atoms with Crippen LogP contribution in [0.2, 0.25) is 3.67 Å². The molecule has 0 aromatic heterocycles. The van der Waals surface area contributed by atoms with Gasteiger partial charge < -0.3 is 10.2 Å². The Hall–Kier alpha value is -0.0600. The third-order valence-corrected chi connectivity index (χ3v) is 4.97. The van der Waals surface area contributed by atoms with Gasteiger partial charge in [0.05, 0.1) is 12.8 Å². The summed E-state index contributed by atoms with van der Waals surface area (Å²) in [6, 6.07) is 0. The van der Waals surface area contributed by atoms with Gasteiger partial charge in [0.1, 0.15) is 0 Å². The molecule has 0 unspecified atom stereocenters. The maximum Gasteiger partial charge on any atom is 0.303 e. The maximum absolute atomic E-state index is 9.64. The molecule has 0 heterocycles. The smallest absolute Gasteiger partial charge is 0.303 e. The van der Waals surface area contributed by atoms with Crippen molar-refractivity contribution >= 4 is 39.9 Å². The Kier molecular flexibility index (Phi) is 26.0. The summed E-state index contributed by atoms with van der Waals surface area (Å²) in [5.41, 5.74) is 0. The van der Waals surface area contributed by atoms with Crippen LogP contribution in [0.1, 0.15) is 110 Å². The molecule has 0 atom stereocenters. The van der Waals surface area contributed by atoms with E-state index in [1.807, 2.05) is 0 Å². The Morgan fingerprint density at radius 1 is 0.600 bits per heavy atom. The molecule has 4 nitrogen and oxygen atoms in total. The van der Waals surface area contributed by atoms with Crippen molar-refractivity contribution in [2.75, 3.05) is 0 Å².